The van der Waals surface area contributed by atoms with Crippen LogP contribution in [0.2, 0.25) is 0 Å². The molecule has 0 spiro atoms. The summed E-state index contributed by atoms with van der Waals surface area (Å²) in [5, 5.41) is 9.38. The van der Waals surface area contributed by atoms with Gasteiger partial charge >= 0.3 is 0 Å². The first-order valence-corrected chi connectivity index (χ1v) is 6.26. The monoisotopic (exact) mass is 251 g/mol. The Hall–Kier alpha value is -1.20. The number of pyridine rings is 1. The molecule has 0 saturated carbocycles. The van der Waals surface area contributed by atoms with Gasteiger partial charge in [0.15, 0.2) is 0 Å². The topological polar surface area (TPSA) is 62.4 Å². The van der Waals surface area contributed by atoms with Gasteiger partial charge in [0.1, 0.15) is 10.8 Å². The number of aromatic nitrogens is 1. The number of nitrogens with zero attached hydrogens (tertiary/aromatic N) is 2. The molecule has 1 fully saturated rings. The number of hydrogen-bond donors (Lipinski definition) is 2. The van der Waals surface area contributed by atoms with E-state index >= 15 is 0 Å². The van der Waals surface area contributed by atoms with Crippen molar-refractivity contribution in [3.63, 3.8) is 0 Å². The first-order valence-electron chi connectivity index (χ1n) is 5.85. The zero-order valence-corrected chi connectivity index (χ0v) is 10.5. The normalized spacial score (nSPS) is 20.3. The maximum atomic E-state index is 9.38. The third-order valence-electron chi connectivity index (χ3n) is 3.16. The first kappa shape index (κ1) is 12.3. The van der Waals surface area contributed by atoms with Crippen molar-refractivity contribution < 1.29 is 5.11 Å². The summed E-state index contributed by atoms with van der Waals surface area (Å²) in [6, 6.07) is 3.87. The van der Waals surface area contributed by atoms with Gasteiger partial charge in [-0.25, -0.2) is 4.98 Å². The van der Waals surface area contributed by atoms with Gasteiger partial charge in [-0.1, -0.05) is 12.2 Å². The quantitative estimate of drug-likeness (QED) is 0.787. The molecule has 0 bridgehead atoms. The number of piperidine rings is 1. The van der Waals surface area contributed by atoms with Gasteiger partial charge in [0, 0.05) is 18.3 Å². The smallest absolute Gasteiger partial charge is 0.129 e. The van der Waals surface area contributed by atoms with E-state index in [-0.39, 0.29) is 12.6 Å². The van der Waals surface area contributed by atoms with Crippen LogP contribution in [0, 0.1) is 0 Å². The fourth-order valence-electron chi connectivity index (χ4n) is 2.22. The molecule has 1 unspecified atom stereocenters. The van der Waals surface area contributed by atoms with Crippen molar-refractivity contribution in [1.82, 2.24) is 4.98 Å². The lowest BCUT2D eigenvalue weighted by molar-refractivity contribution is 0.239. The van der Waals surface area contributed by atoms with Crippen molar-refractivity contribution in [3.8, 4) is 0 Å². The predicted molar refractivity (Wildman–Crippen MR) is 72.2 cm³/mol. The summed E-state index contributed by atoms with van der Waals surface area (Å²) in [5.41, 5.74) is 6.44. The number of aliphatic hydroxyl groups is 1. The van der Waals surface area contributed by atoms with E-state index in [4.69, 9.17) is 18.0 Å². The summed E-state index contributed by atoms with van der Waals surface area (Å²) in [7, 11) is 0. The predicted octanol–water partition coefficient (Wildman–Crippen LogP) is 1.07. The van der Waals surface area contributed by atoms with E-state index in [1.54, 1.807) is 6.20 Å². The Balaban J connectivity index is 2.25. The Labute approximate surface area is 106 Å². The second-order valence-corrected chi connectivity index (χ2v) is 4.73. The van der Waals surface area contributed by atoms with Gasteiger partial charge in [0.05, 0.1) is 12.6 Å². The summed E-state index contributed by atoms with van der Waals surface area (Å²) in [4.78, 5) is 6.87. The first-order chi connectivity index (χ1) is 8.22. The number of hydrogen-bond acceptors (Lipinski definition) is 4. The van der Waals surface area contributed by atoms with Gasteiger partial charge in [-0.3, -0.25) is 0 Å². The minimum atomic E-state index is 0.165. The second kappa shape index (κ2) is 5.42. The molecule has 1 atom stereocenters. The van der Waals surface area contributed by atoms with Crippen molar-refractivity contribution >= 4 is 23.0 Å². The maximum Gasteiger partial charge on any atom is 0.129 e. The third kappa shape index (κ3) is 2.73. The van der Waals surface area contributed by atoms with Crippen molar-refractivity contribution in [2.45, 2.75) is 25.3 Å². The van der Waals surface area contributed by atoms with Crippen LogP contribution in [-0.4, -0.2) is 34.3 Å². The van der Waals surface area contributed by atoms with Crippen LogP contribution in [0.25, 0.3) is 0 Å². The molecule has 0 aromatic carbocycles. The van der Waals surface area contributed by atoms with E-state index in [0.29, 0.717) is 4.99 Å². The van der Waals surface area contributed by atoms with Crippen LogP contribution in [0.4, 0.5) is 5.82 Å². The van der Waals surface area contributed by atoms with Crippen molar-refractivity contribution in [2.24, 2.45) is 5.73 Å². The number of anilines is 1. The third-order valence-corrected chi connectivity index (χ3v) is 3.40. The molecule has 1 aliphatic heterocycles. The molecule has 17 heavy (non-hydrogen) atoms. The summed E-state index contributed by atoms with van der Waals surface area (Å²) < 4.78 is 0. The minimum Gasteiger partial charge on any atom is -0.394 e. The number of thiocarbonyl (C=S) groups is 1. The molecule has 2 rings (SSSR count). The van der Waals surface area contributed by atoms with Gasteiger partial charge in [-0.2, -0.15) is 0 Å². The summed E-state index contributed by atoms with van der Waals surface area (Å²) in [6.45, 7) is 1.10. The standard InChI is InChI=1S/C12H17N3OS/c13-12(17)9-4-5-14-11(7-9)15-6-2-1-3-10(15)8-16/h4-5,7,10,16H,1-3,6,8H2,(H2,13,17). The Morgan fingerprint density at radius 2 is 2.41 bits per heavy atom. The lowest BCUT2D eigenvalue weighted by Gasteiger charge is -2.35. The number of rotatable bonds is 3. The lowest BCUT2D eigenvalue weighted by atomic mass is 10.0. The average molecular weight is 251 g/mol. The van der Waals surface area contributed by atoms with Gasteiger partial charge in [-0.15, -0.1) is 0 Å². The lowest BCUT2D eigenvalue weighted by Crippen LogP contribution is -2.42. The molecular formula is C12H17N3OS. The van der Waals surface area contributed by atoms with Crippen LogP contribution in [-0.2, 0) is 0 Å². The molecule has 5 heteroatoms. The van der Waals surface area contributed by atoms with E-state index < -0.39 is 0 Å². The van der Waals surface area contributed by atoms with Crippen LogP contribution in [0.3, 0.4) is 0 Å². The maximum absolute atomic E-state index is 9.38. The van der Waals surface area contributed by atoms with E-state index in [0.717, 1.165) is 37.2 Å². The number of aliphatic hydroxyl groups excluding tert-OH is 1. The summed E-state index contributed by atoms with van der Waals surface area (Å²) in [5.74, 6) is 0.856. The van der Waals surface area contributed by atoms with Crippen LogP contribution in [0.5, 0.6) is 0 Å². The highest BCUT2D eigenvalue weighted by Crippen LogP contribution is 2.23. The fourth-order valence-corrected chi connectivity index (χ4v) is 2.35. The van der Waals surface area contributed by atoms with Crippen molar-refractivity contribution in [1.29, 1.82) is 0 Å². The molecule has 4 nitrogen and oxygen atoms in total. The van der Waals surface area contributed by atoms with Gasteiger partial charge < -0.3 is 15.7 Å². The molecule has 1 aromatic heterocycles. The molecular weight excluding hydrogens is 234 g/mol. The molecule has 1 aromatic rings. The van der Waals surface area contributed by atoms with Gasteiger partial charge in [0.25, 0.3) is 0 Å². The largest absolute Gasteiger partial charge is 0.394 e. The molecule has 1 saturated heterocycles. The van der Waals surface area contributed by atoms with Crippen molar-refractivity contribution in [2.75, 3.05) is 18.1 Å². The van der Waals surface area contributed by atoms with Crippen LogP contribution >= 0.6 is 12.2 Å². The average Bonchev–Trinajstić information content (AvgIpc) is 2.39. The molecule has 0 radical (unpaired) electrons. The van der Waals surface area contributed by atoms with Crippen molar-refractivity contribution in [3.05, 3.63) is 23.9 Å². The van der Waals surface area contributed by atoms with E-state index in [1.165, 1.54) is 0 Å². The zero-order valence-electron chi connectivity index (χ0n) is 9.67. The summed E-state index contributed by atoms with van der Waals surface area (Å²) >= 11 is 4.96. The van der Waals surface area contributed by atoms with Crippen LogP contribution in [0.15, 0.2) is 18.3 Å². The Kier molecular flexibility index (Phi) is 3.91. The molecule has 92 valence electrons. The van der Waals surface area contributed by atoms with Gasteiger partial charge in [0.2, 0.25) is 0 Å². The van der Waals surface area contributed by atoms with E-state index in [2.05, 4.69) is 9.88 Å². The SMILES string of the molecule is NC(=S)c1ccnc(N2CCCCC2CO)c1. The fraction of sp³-hybridized carbons (Fsp3) is 0.500. The van der Waals surface area contributed by atoms with E-state index in [1.807, 2.05) is 12.1 Å². The molecule has 1 aliphatic rings. The second-order valence-electron chi connectivity index (χ2n) is 4.29. The highest BCUT2D eigenvalue weighted by atomic mass is 32.1. The molecule has 0 amide bonds. The van der Waals surface area contributed by atoms with Crippen LogP contribution < -0.4 is 10.6 Å². The van der Waals surface area contributed by atoms with E-state index in [9.17, 15) is 5.11 Å². The Bertz CT molecular complexity index is 410. The minimum absolute atomic E-state index is 0.165. The van der Waals surface area contributed by atoms with Crippen LogP contribution in [0.1, 0.15) is 24.8 Å². The number of nitrogens with two attached hydrogens (primary N) is 1. The van der Waals surface area contributed by atoms with Gasteiger partial charge in [-0.05, 0) is 31.4 Å². The summed E-state index contributed by atoms with van der Waals surface area (Å²) in [6.07, 6.45) is 5.02. The molecule has 0 aliphatic carbocycles. The Morgan fingerprint density at radius 3 is 3.12 bits per heavy atom. The highest BCUT2D eigenvalue weighted by Gasteiger charge is 2.22. The molecule has 3 N–H and O–H groups in total. The zero-order chi connectivity index (χ0) is 12.3. The molecule has 2 heterocycles. The Morgan fingerprint density at radius 1 is 1.59 bits per heavy atom. The highest BCUT2D eigenvalue weighted by molar-refractivity contribution is 7.80.